The van der Waals surface area contributed by atoms with Crippen molar-refractivity contribution >= 4 is 11.8 Å². The number of aryl methyl sites for hydroxylation is 3. The second-order valence-corrected chi connectivity index (χ2v) is 8.33. The first-order valence-corrected chi connectivity index (χ1v) is 10.8. The topological polar surface area (TPSA) is 48.0 Å². The molecule has 2 aromatic carbocycles. The van der Waals surface area contributed by atoms with E-state index in [2.05, 4.69) is 77.0 Å². The number of benzene rings is 2. The molecule has 1 fully saturated rings. The van der Waals surface area contributed by atoms with Crippen LogP contribution in [0.25, 0.3) is 0 Å². The van der Waals surface area contributed by atoms with Gasteiger partial charge in [0.15, 0.2) is 6.04 Å². The molecule has 27 heavy (non-hydrogen) atoms. The van der Waals surface area contributed by atoms with Gasteiger partial charge in [-0.3, -0.25) is 0 Å². The summed E-state index contributed by atoms with van der Waals surface area (Å²) in [5, 5.41) is 12.8. The van der Waals surface area contributed by atoms with Crippen LogP contribution in [0.5, 0.6) is 0 Å². The van der Waals surface area contributed by atoms with Gasteiger partial charge in [-0.05, 0) is 29.3 Å². The molecule has 6 heteroatoms. The predicted molar refractivity (Wildman–Crippen MR) is 109 cm³/mol. The van der Waals surface area contributed by atoms with E-state index in [4.69, 9.17) is 0 Å². The molecular weight excluding hydrogens is 354 g/mol. The van der Waals surface area contributed by atoms with Crippen LogP contribution in [0.1, 0.15) is 28.6 Å². The lowest BCUT2D eigenvalue weighted by molar-refractivity contribution is -0.922. The number of hydrogen-bond acceptors (Lipinski definition) is 4. The highest BCUT2D eigenvalue weighted by Gasteiger charge is 2.32. The average Bonchev–Trinajstić information content (AvgIpc) is 3.18. The smallest absolute Gasteiger partial charge is 0.214 e. The second kappa shape index (κ2) is 8.67. The number of aromatic nitrogens is 4. The molecule has 3 aromatic rings. The number of quaternary nitrogens is 1. The van der Waals surface area contributed by atoms with Crippen LogP contribution in [0.15, 0.2) is 54.6 Å². The Morgan fingerprint density at radius 2 is 1.78 bits per heavy atom. The monoisotopic (exact) mass is 380 g/mol. The number of nitrogens with one attached hydrogen (secondary N) is 1. The Bertz CT molecular complexity index is 841. The van der Waals surface area contributed by atoms with Gasteiger partial charge in [-0.1, -0.05) is 60.2 Å². The van der Waals surface area contributed by atoms with Crippen molar-refractivity contribution in [3.63, 3.8) is 0 Å². The summed E-state index contributed by atoms with van der Waals surface area (Å²) < 4.78 is 2.01. The van der Waals surface area contributed by atoms with Gasteiger partial charge in [-0.25, -0.2) is 4.68 Å². The summed E-state index contributed by atoms with van der Waals surface area (Å²) in [6.07, 6.45) is 0.935. The minimum absolute atomic E-state index is 0.192. The summed E-state index contributed by atoms with van der Waals surface area (Å²) in [4.78, 5) is 1.56. The normalized spacial score (nSPS) is 16.3. The minimum Gasteiger partial charge on any atom is -0.321 e. The molecule has 1 aliphatic rings. The van der Waals surface area contributed by atoms with Crippen LogP contribution in [-0.4, -0.2) is 44.8 Å². The number of thioether (sulfide) groups is 1. The first-order chi connectivity index (χ1) is 13.3. The van der Waals surface area contributed by atoms with Crippen LogP contribution in [0.4, 0.5) is 0 Å². The molecule has 1 atom stereocenters. The van der Waals surface area contributed by atoms with Gasteiger partial charge in [0, 0.05) is 23.6 Å². The van der Waals surface area contributed by atoms with Crippen molar-refractivity contribution in [3.05, 3.63) is 77.1 Å². The van der Waals surface area contributed by atoms with Crippen molar-refractivity contribution in [1.82, 2.24) is 20.2 Å². The zero-order valence-electron chi connectivity index (χ0n) is 15.7. The van der Waals surface area contributed by atoms with Crippen LogP contribution in [0.2, 0.25) is 0 Å². The summed E-state index contributed by atoms with van der Waals surface area (Å²) in [5.41, 5.74) is 3.90. The Kier molecular flexibility index (Phi) is 5.84. The molecule has 2 heterocycles. The molecule has 1 N–H and O–H groups in total. The standard InChI is InChI=1S/C21H25N5S/c1-17-7-9-19(10-8-17)20(25-13-15-27-16-14-25)21-22-23-24-26(21)12-11-18-5-3-2-4-6-18/h2-10,20H,11-16H2,1H3/p+1/t20-/m0/s1. The van der Waals surface area contributed by atoms with Gasteiger partial charge >= 0.3 is 0 Å². The Labute approximate surface area is 164 Å². The van der Waals surface area contributed by atoms with Crippen molar-refractivity contribution in [2.45, 2.75) is 25.9 Å². The number of hydrogen-bond donors (Lipinski definition) is 1. The van der Waals surface area contributed by atoms with E-state index in [0.717, 1.165) is 31.9 Å². The van der Waals surface area contributed by atoms with Crippen LogP contribution in [0.3, 0.4) is 0 Å². The van der Waals surface area contributed by atoms with Crippen LogP contribution >= 0.6 is 11.8 Å². The Morgan fingerprint density at radius 1 is 1.04 bits per heavy atom. The highest BCUT2D eigenvalue weighted by molar-refractivity contribution is 7.99. The fourth-order valence-corrected chi connectivity index (χ4v) is 4.72. The highest BCUT2D eigenvalue weighted by Crippen LogP contribution is 2.19. The van der Waals surface area contributed by atoms with E-state index in [0.29, 0.717) is 0 Å². The number of rotatable bonds is 6. The van der Waals surface area contributed by atoms with Crippen molar-refractivity contribution < 1.29 is 4.90 Å². The SMILES string of the molecule is Cc1ccc([C@@H](c2nnnn2CCc2ccccc2)[NH+]2CCSCC2)cc1. The first-order valence-electron chi connectivity index (χ1n) is 9.60. The molecule has 5 nitrogen and oxygen atoms in total. The molecule has 1 aliphatic heterocycles. The minimum atomic E-state index is 0.192. The summed E-state index contributed by atoms with van der Waals surface area (Å²) in [6, 6.07) is 19.6. The molecule has 140 valence electrons. The Balaban J connectivity index is 1.62. The van der Waals surface area contributed by atoms with Crippen molar-refractivity contribution in [3.8, 4) is 0 Å². The van der Waals surface area contributed by atoms with Gasteiger partial charge in [0.2, 0.25) is 5.82 Å². The zero-order valence-corrected chi connectivity index (χ0v) is 16.5. The lowest BCUT2D eigenvalue weighted by Gasteiger charge is -2.30. The molecule has 1 aromatic heterocycles. The maximum Gasteiger partial charge on any atom is 0.214 e. The molecule has 0 saturated carbocycles. The predicted octanol–water partition coefficient (Wildman–Crippen LogP) is 1.95. The van der Waals surface area contributed by atoms with E-state index in [1.54, 1.807) is 4.90 Å². The third-order valence-electron chi connectivity index (χ3n) is 5.23. The summed E-state index contributed by atoms with van der Waals surface area (Å²) in [6.45, 7) is 5.23. The van der Waals surface area contributed by atoms with E-state index in [9.17, 15) is 0 Å². The fraction of sp³-hybridized carbons (Fsp3) is 0.381. The second-order valence-electron chi connectivity index (χ2n) is 7.11. The van der Waals surface area contributed by atoms with Crippen LogP contribution in [0, 0.1) is 6.92 Å². The fourth-order valence-electron chi connectivity index (χ4n) is 3.71. The van der Waals surface area contributed by atoms with Crippen molar-refractivity contribution in [2.24, 2.45) is 0 Å². The van der Waals surface area contributed by atoms with Gasteiger partial charge in [0.25, 0.3) is 0 Å². The van der Waals surface area contributed by atoms with Crippen molar-refractivity contribution in [2.75, 3.05) is 24.6 Å². The zero-order chi connectivity index (χ0) is 18.5. The summed E-state index contributed by atoms with van der Waals surface area (Å²) >= 11 is 2.04. The molecule has 0 spiro atoms. The number of tetrazole rings is 1. The molecule has 0 radical (unpaired) electrons. The van der Waals surface area contributed by atoms with Crippen molar-refractivity contribution in [1.29, 1.82) is 0 Å². The van der Waals surface area contributed by atoms with Gasteiger partial charge < -0.3 is 4.90 Å². The Hall–Kier alpha value is -2.18. The molecule has 0 amide bonds. The molecule has 4 rings (SSSR count). The quantitative estimate of drug-likeness (QED) is 0.710. The van der Waals surface area contributed by atoms with Crippen LogP contribution in [-0.2, 0) is 13.0 Å². The van der Waals surface area contributed by atoms with Gasteiger partial charge in [-0.15, -0.1) is 5.10 Å². The summed E-state index contributed by atoms with van der Waals surface area (Å²) in [7, 11) is 0. The molecule has 0 bridgehead atoms. The maximum atomic E-state index is 4.48. The number of nitrogens with zero attached hydrogens (tertiary/aromatic N) is 4. The maximum absolute atomic E-state index is 4.48. The third-order valence-corrected chi connectivity index (χ3v) is 6.21. The summed E-state index contributed by atoms with van der Waals surface area (Å²) in [5.74, 6) is 3.38. The van der Waals surface area contributed by atoms with E-state index >= 15 is 0 Å². The van der Waals surface area contributed by atoms with Gasteiger partial charge in [0.05, 0.1) is 13.1 Å². The van der Waals surface area contributed by atoms with E-state index in [1.165, 1.54) is 28.2 Å². The van der Waals surface area contributed by atoms with E-state index < -0.39 is 0 Å². The van der Waals surface area contributed by atoms with E-state index in [-0.39, 0.29) is 6.04 Å². The van der Waals surface area contributed by atoms with Gasteiger partial charge in [0.1, 0.15) is 0 Å². The molecule has 1 saturated heterocycles. The van der Waals surface area contributed by atoms with E-state index in [1.807, 2.05) is 16.4 Å². The highest BCUT2D eigenvalue weighted by atomic mass is 32.2. The molecule has 0 aliphatic carbocycles. The third kappa shape index (κ3) is 4.39. The lowest BCUT2D eigenvalue weighted by Crippen LogP contribution is -3.14. The largest absolute Gasteiger partial charge is 0.321 e. The van der Waals surface area contributed by atoms with Crippen LogP contribution < -0.4 is 4.90 Å². The lowest BCUT2D eigenvalue weighted by atomic mass is 10.0. The molecule has 0 unspecified atom stereocenters. The molecular formula is C21H26N5S+. The first kappa shape index (κ1) is 18.2. The average molecular weight is 381 g/mol. The Morgan fingerprint density at radius 3 is 2.52 bits per heavy atom. The van der Waals surface area contributed by atoms with Gasteiger partial charge in [-0.2, -0.15) is 11.8 Å².